The van der Waals surface area contributed by atoms with Crippen LogP contribution in [0.5, 0.6) is 0 Å². The van der Waals surface area contributed by atoms with Gasteiger partial charge in [0.2, 0.25) is 5.91 Å². The maximum absolute atomic E-state index is 12.7. The molecule has 0 aromatic rings. The molecule has 3 atom stereocenters. The molecular formula is C16H29ClN2O2. The van der Waals surface area contributed by atoms with Gasteiger partial charge in [-0.1, -0.05) is 27.2 Å². The molecule has 0 aromatic carbocycles. The number of halogens is 1. The SMILES string of the molecule is CC1(CNC(=O)C2(N)C3CCCOC3C2(C)C)CCC1.Cl. The average molecular weight is 317 g/mol. The zero-order valence-electron chi connectivity index (χ0n) is 13.4. The molecule has 1 heterocycles. The fourth-order valence-electron chi connectivity index (χ4n) is 4.43. The van der Waals surface area contributed by atoms with Crippen LogP contribution in [0.25, 0.3) is 0 Å². The maximum Gasteiger partial charge on any atom is 0.241 e. The fraction of sp³-hybridized carbons (Fsp3) is 0.938. The number of amides is 1. The minimum atomic E-state index is -0.766. The predicted molar refractivity (Wildman–Crippen MR) is 85.4 cm³/mol. The number of fused-ring (bicyclic) bond motifs is 1. The van der Waals surface area contributed by atoms with E-state index >= 15 is 0 Å². The number of rotatable bonds is 3. The van der Waals surface area contributed by atoms with Gasteiger partial charge in [-0.2, -0.15) is 0 Å². The van der Waals surface area contributed by atoms with Crippen molar-refractivity contribution in [2.24, 2.45) is 22.5 Å². The summed E-state index contributed by atoms with van der Waals surface area (Å²) in [7, 11) is 0. The smallest absolute Gasteiger partial charge is 0.241 e. The molecule has 4 nitrogen and oxygen atoms in total. The van der Waals surface area contributed by atoms with Crippen LogP contribution in [0.4, 0.5) is 0 Å². The number of nitrogens with two attached hydrogens (primary N) is 1. The number of hydrogen-bond donors (Lipinski definition) is 2. The topological polar surface area (TPSA) is 64.4 Å². The summed E-state index contributed by atoms with van der Waals surface area (Å²) in [5.41, 5.74) is 5.83. The van der Waals surface area contributed by atoms with E-state index in [2.05, 4.69) is 26.1 Å². The predicted octanol–water partition coefficient (Wildman–Crippen LogP) is 2.25. The lowest BCUT2D eigenvalue weighted by atomic mass is 9.46. The van der Waals surface area contributed by atoms with Gasteiger partial charge in [-0.05, 0) is 31.1 Å². The summed E-state index contributed by atoms with van der Waals surface area (Å²) in [4.78, 5) is 12.7. The van der Waals surface area contributed by atoms with Gasteiger partial charge in [0.15, 0.2) is 0 Å². The van der Waals surface area contributed by atoms with Gasteiger partial charge in [-0.25, -0.2) is 0 Å². The number of ether oxygens (including phenoxy) is 1. The molecule has 3 aliphatic rings. The Bertz CT molecular complexity index is 423. The molecule has 0 aromatic heterocycles. The highest BCUT2D eigenvalue weighted by Crippen LogP contribution is 2.57. The maximum atomic E-state index is 12.7. The van der Waals surface area contributed by atoms with Crippen molar-refractivity contribution in [2.45, 2.75) is 64.5 Å². The number of hydrogen-bond acceptors (Lipinski definition) is 3. The lowest BCUT2D eigenvalue weighted by Crippen LogP contribution is -2.82. The summed E-state index contributed by atoms with van der Waals surface area (Å²) >= 11 is 0. The first kappa shape index (κ1) is 17.0. The molecule has 0 radical (unpaired) electrons. The molecule has 5 heteroatoms. The highest BCUT2D eigenvalue weighted by Gasteiger charge is 2.70. The van der Waals surface area contributed by atoms with Gasteiger partial charge in [0.25, 0.3) is 0 Å². The van der Waals surface area contributed by atoms with Crippen LogP contribution in [0.15, 0.2) is 0 Å². The van der Waals surface area contributed by atoms with Crippen LogP contribution in [-0.4, -0.2) is 30.7 Å². The quantitative estimate of drug-likeness (QED) is 0.839. The first-order chi connectivity index (χ1) is 9.31. The second-order valence-corrected chi connectivity index (χ2v) is 7.98. The second kappa shape index (κ2) is 5.39. The van der Waals surface area contributed by atoms with E-state index in [-0.39, 0.29) is 35.8 Å². The van der Waals surface area contributed by atoms with Crippen LogP contribution in [0.3, 0.4) is 0 Å². The van der Waals surface area contributed by atoms with Crippen molar-refractivity contribution in [2.75, 3.05) is 13.2 Å². The number of carbonyl (C=O) groups excluding carboxylic acids is 1. The minimum absolute atomic E-state index is 0. The summed E-state index contributed by atoms with van der Waals surface area (Å²) in [6.45, 7) is 7.96. The van der Waals surface area contributed by atoms with Crippen molar-refractivity contribution in [3.63, 3.8) is 0 Å². The van der Waals surface area contributed by atoms with E-state index in [9.17, 15) is 4.79 Å². The third-order valence-electron chi connectivity index (χ3n) is 6.30. The van der Waals surface area contributed by atoms with Gasteiger partial charge < -0.3 is 15.8 Å². The third-order valence-corrected chi connectivity index (χ3v) is 6.30. The Kier molecular flexibility index (Phi) is 4.38. The van der Waals surface area contributed by atoms with Gasteiger partial charge >= 0.3 is 0 Å². The van der Waals surface area contributed by atoms with E-state index in [1.165, 1.54) is 19.3 Å². The molecule has 122 valence electrons. The van der Waals surface area contributed by atoms with Crippen LogP contribution in [-0.2, 0) is 9.53 Å². The second-order valence-electron chi connectivity index (χ2n) is 7.98. The molecule has 3 rings (SSSR count). The lowest BCUT2D eigenvalue weighted by Gasteiger charge is -2.65. The zero-order chi connectivity index (χ0) is 14.6. The van der Waals surface area contributed by atoms with Gasteiger partial charge in [0.05, 0.1) is 6.10 Å². The molecule has 1 saturated heterocycles. The molecule has 3 N–H and O–H groups in total. The Morgan fingerprint density at radius 3 is 2.52 bits per heavy atom. The largest absolute Gasteiger partial charge is 0.377 e. The Hall–Kier alpha value is -0.320. The summed E-state index contributed by atoms with van der Waals surface area (Å²) in [6.07, 6.45) is 5.87. The van der Waals surface area contributed by atoms with E-state index in [1.807, 2.05) is 0 Å². The van der Waals surface area contributed by atoms with E-state index in [4.69, 9.17) is 10.5 Å². The van der Waals surface area contributed by atoms with Crippen molar-refractivity contribution >= 4 is 18.3 Å². The van der Waals surface area contributed by atoms with E-state index in [1.54, 1.807) is 0 Å². The van der Waals surface area contributed by atoms with Crippen LogP contribution in [0, 0.1) is 16.7 Å². The molecule has 3 unspecified atom stereocenters. The first-order valence-electron chi connectivity index (χ1n) is 8.00. The highest BCUT2D eigenvalue weighted by molar-refractivity contribution is 5.89. The highest BCUT2D eigenvalue weighted by atomic mass is 35.5. The Labute approximate surface area is 134 Å². The zero-order valence-corrected chi connectivity index (χ0v) is 14.2. The first-order valence-corrected chi connectivity index (χ1v) is 8.00. The Balaban J connectivity index is 0.00000161. The molecular weight excluding hydrogens is 288 g/mol. The normalized spacial score (nSPS) is 39.0. The van der Waals surface area contributed by atoms with E-state index < -0.39 is 5.54 Å². The molecule has 0 bridgehead atoms. The van der Waals surface area contributed by atoms with Crippen LogP contribution in [0.2, 0.25) is 0 Å². The van der Waals surface area contributed by atoms with E-state index in [0.29, 0.717) is 5.41 Å². The van der Waals surface area contributed by atoms with Gasteiger partial charge in [-0.15, -0.1) is 12.4 Å². The Morgan fingerprint density at radius 2 is 1.95 bits per heavy atom. The van der Waals surface area contributed by atoms with Gasteiger partial charge in [0.1, 0.15) is 5.54 Å². The molecule has 1 aliphatic heterocycles. The molecule has 2 aliphatic carbocycles. The van der Waals surface area contributed by atoms with Crippen molar-refractivity contribution < 1.29 is 9.53 Å². The minimum Gasteiger partial charge on any atom is -0.377 e. The summed E-state index contributed by atoms with van der Waals surface area (Å²) in [5.74, 6) is 0.211. The van der Waals surface area contributed by atoms with Crippen molar-refractivity contribution in [1.82, 2.24) is 5.32 Å². The molecule has 0 spiro atoms. The summed E-state index contributed by atoms with van der Waals surface area (Å²) < 4.78 is 5.86. The monoisotopic (exact) mass is 316 g/mol. The Morgan fingerprint density at radius 1 is 1.29 bits per heavy atom. The fourth-order valence-corrected chi connectivity index (χ4v) is 4.43. The van der Waals surface area contributed by atoms with Gasteiger partial charge in [-0.3, -0.25) is 4.79 Å². The van der Waals surface area contributed by atoms with Gasteiger partial charge in [0, 0.05) is 24.5 Å². The van der Waals surface area contributed by atoms with E-state index in [0.717, 1.165) is 26.0 Å². The molecule has 2 saturated carbocycles. The lowest BCUT2D eigenvalue weighted by molar-refractivity contribution is -0.225. The summed E-state index contributed by atoms with van der Waals surface area (Å²) in [5, 5.41) is 3.14. The van der Waals surface area contributed by atoms with Crippen LogP contribution >= 0.6 is 12.4 Å². The molecule has 21 heavy (non-hydrogen) atoms. The standard InChI is InChI=1S/C16H28N2O2.ClH/c1-14(2)12-11(6-4-9-20-12)16(14,17)13(19)18-10-15(3)7-5-8-15;/h11-12H,4-10,17H2,1-3H3,(H,18,19);1H. The van der Waals surface area contributed by atoms with Crippen LogP contribution < -0.4 is 11.1 Å². The number of nitrogens with one attached hydrogen (secondary N) is 1. The van der Waals surface area contributed by atoms with Crippen molar-refractivity contribution in [3.8, 4) is 0 Å². The summed E-state index contributed by atoms with van der Waals surface area (Å²) in [6, 6.07) is 0. The van der Waals surface area contributed by atoms with Crippen molar-refractivity contribution in [3.05, 3.63) is 0 Å². The van der Waals surface area contributed by atoms with Crippen LogP contribution in [0.1, 0.15) is 52.9 Å². The average Bonchev–Trinajstić information content (AvgIpc) is 2.41. The van der Waals surface area contributed by atoms with Crippen molar-refractivity contribution in [1.29, 1.82) is 0 Å². The third kappa shape index (κ3) is 2.30. The molecule has 1 amide bonds. The molecule has 3 fully saturated rings. The number of carbonyl (C=O) groups is 1.